The number of amides is 2. The molecule has 0 radical (unpaired) electrons. The fourth-order valence-electron chi connectivity index (χ4n) is 2.27. The minimum Gasteiger partial charge on any atom is -0.326 e. The molecule has 0 unspecified atom stereocenters. The SMILES string of the molecule is CC(=O)Nc1cccc(NC(=O)c2scnc2-c2ccccc2)c1. The molecular formula is C18H15N3O2S. The zero-order valence-corrected chi connectivity index (χ0v) is 13.8. The van der Waals surface area contributed by atoms with Crippen molar-refractivity contribution in [3.8, 4) is 11.3 Å². The maximum atomic E-state index is 12.6. The summed E-state index contributed by atoms with van der Waals surface area (Å²) in [6.45, 7) is 1.44. The highest BCUT2D eigenvalue weighted by Crippen LogP contribution is 2.26. The number of aromatic nitrogens is 1. The summed E-state index contributed by atoms with van der Waals surface area (Å²) in [5, 5.41) is 5.54. The highest BCUT2D eigenvalue weighted by atomic mass is 32.1. The van der Waals surface area contributed by atoms with Gasteiger partial charge in [-0.3, -0.25) is 9.59 Å². The minimum atomic E-state index is -0.226. The number of carbonyl (C=O) groups is 2. The van der Waals surface area contributed by atoms with Crippen LogP contribution in [-0.2, 0) is 4.79 Å². The van der Waals surface area contributed by atoms with E-state index in [-0.39, 0.29) is 11.8 Å². The summed E-state index contributed by atoms with van der Waals surface area (Å²) in [5.74, 6) is -0.386. The number of benzene rings is 2. The molecule has 24 heavy (non-hydrogen) atoms. The maximum Gasteiger partial charge on any atom is 0.268 e. The summed E-state index contributed by atoms with van der Waals surface area (Å²) in [6.07, 6.45) is 0. The van der Waals surface area contributed by atoms with Crippen LogP contribution in [-0.4, -0.2) is 16.8 Å². The van der Waals surface area contributed by atoms with E-state index >= 15 is 0 Å². The average Bonchev–Trinajstić information content (AvgIpc) is 3.05. The number of nitrogens with zero attached hydrogens (tertiary/aromatic N) is 1. The topological polar surface area (TPSA) is 71.1 Å². The number of hydrogen-bond donors (Lipinski definition) is 2. The van der Waals surface area contributed by atoms with Crippen LogP contribution in [0.3, 0.4) is 0 Å². The van der Waals surface area contributed by atoms with Gasteiger partial charge in [0.15, 0.2) is 0 Å². The van der Waals surface area contributed by atoms with Crippen LogP contribution in [0.4, 0.5) is 11.4 Å². The molecule has 1 heterocycles. The van der Waals surface area contributed by atoms with Crippen molar-refractivity contribution >= 4 is 34.5 Å². The fourth-order valence-corrected chi connectivity index (χ4v) is 2.98. The van der Waals surface area contributed by atoms with Gasteiger partial charge in [-0.2, -0.15) is 0 Å². The van der Waals surface area contributed by atoms with E-state index in [0.29, 0.717) is 21.9 Å². The molecule has 0 aliphatic carbocycles. The molecule has 3 rings (SSSR count). The van der Waals surface area contributed by atoms with E-state index < -0.39 is 0 Å². The lowest BCUT2D eigenvalue weighted by molar-refractivity contribution is -0.114. The Hall–Kier alpha value is -2.99. The number of anilines is 2. The molecule has 0 saturated carbocycles. The first-order chi connectivity index (χ1) is 11.6. The van der Waals surface area contributed by atoms with Crippen molar-refractivity contribution in [1.29, 1.82) is 0 Å². The predicted octanol–water partition coefficient (Wildman–Crippen LogP) is 4.02. The first kappa shape index (κ1) is 15.9. The van der Waals surface area contributed by atoms with Crippen LogP contribution in [0.5, 0.6) is 0 Å². The summed E-state index contributed by atoms with van der Waals surface area (Å²) in [4.78, 5) is 28.6. The van der Waals surface area contributed by atoms with Crippen LogP contribution >= 0.6 is 11.3 Å². The van der Waals surface area contributed by atoms with Crippen LogP contribution in [0, 0.1) is 0 Å². The highest BCUT2D eigenvalue weighted by Gasteiger charge is 2.16. The number of hydrogen-bond acceptors (Lipinski definition) is 4. The summed E-state index contributed by atoms with van der Waals surface area (Å²) >= 11 is 1.29. The molecule has 0 bridgehead atoms. The second-order valence-corrected chi connectivity index (χ2v) is 5.97. The number of carbonyl (C=O) groups excluding carboxylic acids is 2. The lowest BCUT2D eigenvalue weighted by Gasteiger charge is -2.08. The molecule has 0 saturated heterocycles. The summed E-state index contributed by atoms with van der Waals surface area (Å²) in [5.41, 5.74) is 4.46. The number of thiazole rings is 1. The lowest BCUT2D eigenvalue weighted by atomic mass is 10.1. The van der Waals surface area contributed by atoms with Crippen LogP contribution in [0.15, 0.2) is 60.1 Å². The van der Waals surface area contributed by atoms with Gasteiger partial charge in [0.25, 0.3) is 5.91 Å². The largest absolute Gasteiger partial charge is 0.326 e. The van der Waals surface area contributed by atoms with E-state index in [1.807, 2.05) is 30.3 Å². The fraction of sp³-hybridized carbons (Fsp3) is 0.0556. The van der Waals surface area contributed by atoms with Gasteiger partial charge in [-0.25, -0.2) is 4.98 Å². The van der Waals surface area contributed by atoms with Crippen LogP contribution in [0.2, 0.25) is 0 Å². The van der Waals surface area contributed by atoms with Gasteiger partial charge in [-0.05, 0) is 18.2 Å². The normalized spacial score (nSPS) is 10.2. The van der Waals surface area contributed by atoms with Gasteiger partial charge in [0.05, 0.1) is 11.2 Å². The van der Waals surface area contributed by atoms with Crippen molar-refractivity contribution in [3.63, 3.8) is 0 Å². The molecule has 0 atom stereocenters. The average molecular weight is 337 g/mol. The zero-order chi connectivity index (χ0) is 16.9. The number of nitrogens with one attached hydrogen (secondary N) is 2. The highest BCUT2D eigenvalue weighted by molar-refractivity contribution is 7.12. The molecule has 0 fully saturated rings. The van der Waals surface area contributed by atoms with Crippen LogP contribution in [0.1, 0.15) is 16.6 Å². The Morgan fingerprint density at radius 2 is 1.67 bits per heavy atom. The van der Waals surface area contributed by atoms with E-state index in [1.54, 1.807) is 29.8 Å². The Balaban J connectivity index is 1.82. The second kappa shape index (κ2) is 7.06. The molecule has 6 heteroatoms. The molecule has 3 aromatic rings. The lowest BCUT2D eigenvalue weighted by Crippen LogP contribution is -2.12. The van der Waals surface area contributed by atoms with E-state index in [9.17, 15) is 9.59 Å². The predicted molar refractivity (Wildman–Crippen MR) is 96.2 cm³/mol. The molecule has 5 nitrogen and oxygen atoms in total. The molecule has 0 aliphatic heterocycles. The van der Waals surface area contributed by atoms with E-state index in [4.69, 9.17) is 0 Å². The van der Waals surface area contributed by atoms with Gasteiger partial charge in [-0.1, -0.05) is 36.4 Å². The van der Waals surface area contributed by atoms with E-state index in [1.165, 1.54) is 18.3 Å². The van der Waals surface area contributed by atoms with Crippen LogP contribution < -0.4 is 10.6 Å². The third-order valence-electron chi connectivity index (χ3n) is 3.26. The monoisotopic (exact) mass is 337 g/mol. The summed E-state index contributed by atoms with van der Waals surface area (Å²) in [6, 6.07) is 16.6. The molecule has 120 valence electrons. The maximum absolute atomic E-state index is 12.6. The standard InChI is InChI=1S/C18H15N3O2S/c1-12(22)20-14-8-5-9-15(10-14)21-18(23)17-16(19-11-24-17)13-6-3-2-4-7-13/h2-11H,1H3,(H,20,22)(H,21,23). The Bertz CT molecular complexity index is 875. The molecular weight excluding hydrogens is 322 g/mol. The first-order valence-corrected chi connectivity index (χ1v) is 8.19. The van der Waals surface area contributed by atoms with Crippen molar-refractivity contribution in [3.05, 3.63) is 65.0 Å². The molecule has 2 N–H and O–H groups in total. The molecule has 0 aliphatic rings. The van der Waals surface area contributed by atoms with Gasteiger partial charge in [0, 0.05) is 23.9 Å². The second-order valence-electron chi connectivity index (χ2n) is 5.11. The van der Waals surface area contributed by atoms with Crippen molar-refractivity contribution in [2.24, 2.45) is 0 Å². The Labute approximate surface area is 143 Å². The van der Waals surface area contributed by atoms with E-state index in [2.05, 4.69) is 15.6 Å². The third kappa shape index (κ3) is 3.67. The minimum absolute atomic E-state index is 0.160. The van der Waals surface area contributed by atoms with E-state index in [0.717, 1.165) is 5.56 Å². The van der Waals surface area contributed by atoms with Gasteiger partial charge in [0.1, 0.15) is 4.88 Å². The molecule has 2 amide bonds. The zero-order valence-electron chi connectivity index (χ0n) is 12.9. The van der Waals surface area contributed by atoms with Gasteiger partial charge in [0.2, 0.25) is 5.91 Å². The quantitative estimate of drug-likeness (QED) is 0.755. The summed E-state index contributed by atoms with van der Waals surface area (Å²) in [7, 11) is 0. The van der Waals surface area contributed by atoms with Crippen molar-refractivity contribution in [2.45, 2.75) is 6.92 Å². The van der Waals surface area contributed by atoms with Gasteiger partial charge < -0.3 is 10.6 Å². The van der Waals surface area contributed by atoms with Crippen LogP contribution in [0.25, 0.3) is 11.3 Å². The Kier molecular flexibility index (Phi) is 4.67. The molecule has 0 spiro atoms. The van der Waals surface area contributed by atoms with Gasteiger partial charge in [-0.15, -0.1) is 11.3 Å². The van der Waals surface area contributed by atoms with Crippen molar-refractivity contribution < 1.29 is 9.59 Å². The smallest absolute Gasteiger partial charge is 0.268 e. The molecule has 2 aromatic carbocycles. The number of rotatable bonds is 4. The summed E-state index contributed by atoms with van der Waals surface area (Å²) < 4.78 is 0. The van der Waals surface area contributed by atoms with Crippen molar-refractivity contribution in [1.82, 2.24) is 4.98 Å². The van der Waals surface area contributed by atoms with Gasteiger partial charge >= 0.3 is 0 Å². The third-order valence-corrected chi connectivity index (χ3v) is 4.09. The first-order valence-electron chi connectivity index (χ1n) is 7.31. The molecule has 1 aromatic heterocycles. The Morgan fingerprint density at radius 3 is 2.38 bits per heavy atom. The Morgan fingerprint density at radius 1 is 0.958 bits per heavy atom. The van der Waals surface area contributed by atoms with Crippen molar-refractivity contribution in [2.75, 3.05) is 10.6 Å².